The Labute approximate surface area is 240 Å². The molecule has 0 N–H and O–H groups in total. The largest absolute Gasteiger partial charge is 0.306 e. The highest BCUT2D eigenvalue weighted by molar-refractivity contribution is 5.65. The average molecular weight is 593 g/mol. The molecule has 0 aromatic heterocycles. The zero-order chi connectivity index (χ0) is 30.0. The van der Waals surface area contributed by atoms with E-state index in [9.17, 15) is 35.1 Å². The summed E-state index contributed by atoms with van der Waals surface area (Å²) in [7, 11) is 0. The van der Waals surface area contributed by atoms with Gasteiger partial charge in [0.15, 0.2) is 23.3 Å². The van der Waals surface area contributed by atoms with Crippen LogP contribution < -0.4 is 0 Å². The third-order valence-electron chi connectivity index (χ3n) is 9.35. The van der Waals surface area contributed by atoms with Crippen LogP contribution in [-0.4, -0.2) is 0 Å². The molecule has 0 saturated heterocycles. The Morgan fingerprint density at radius 2 is 1.14 bits per heavy atom. The second-order valence-corrected chi connectivity index (χ2v) is 11.8. The van der Waals surface area contributed by atoms with Crippen LogP contribution in [0.4, 0.5) is 35.1 Å². The smallest absolute Gasteiger partial charge is 0.206 e. The van der Waals surface area contributed by atoms with Crippen molar-refractivity contribution in [2.45, 2.75) is 70.1 Å². The van der Waals surface area contributed by atoms with E-state index in [1.807, 2.05) is 0 Å². The van der Waals surface area contributed by atoms with E-state index >= 15 is 0 Å². The summed E-state index contributed by atoms with van der Waals surface area (Å²) in [5.41, 5.74) is 0.456. The van der Waals surface area contributed by atoms with Crippen molar-refractivity contribution in [1.29, 1.82) is 0 Å². The Bertz CT molecular complexity index is 1380. The molecule has 2 fully saturated rings. The lowest BCUT2D eigenvalue weighted by molar-refractivity contribution is 0.157. The van der Waals surface area contributed by atoms with Crippen LogP contribution in [0.25, 0.3) is 17.0 Å². The number of hydrogen-bond donors (Lipinski definition) is 0. The van der Waals surface area contributed by atoms with Crippen molar-refractivity contribution >= 4 is 5.83 Å². The minimum absolute atomic E-state index is 0.102. The summed E-state index contributed by atoms with van der Waals surface area (Å²) in [6.45, 7) is 0. The van der Waals surface area contributed by atoms with Gasteiger partial charge in [-0.3, -0.25) is 0 Å². The molecule has 2 aliphatic rings. The Morgan fingerprint density at radius 1 is 0.619 bits per heavy atom. The van der Waals surface area contributed by atoms with E-state index in [4.69, 9.17) is 0 Å². The Hall–Kier alpha value is -3.16. The molecule has 0 radical (unpaired) electrons. The molecule has 0 heterocycles. The van der Waals surface area contributed by atoms with Crippen molar-refractivity contribution in [2.75, 3.05) is 0 Å². The third kappa shape index (κ3) is 6.73. The van der Waals surface area contributed by atoms with Crippen molar-refractivity contribution < 1.29 is 35.1 Å². The number of halogens is 8. The van der Waals surface area contributed by atoms with Crippen LogP contribution in [0, 0.1) is 46.8 Å². The molecule has 3 aromatic rings. The number of aryl methyl sites for hydroxylation is 1. The normalized spacial score (nSPS) is 22.7. The second kappa shape index (κ2) is 13.0. The molecule has 2 saturated carbocycles. The quantitative estimate of drug-likeness (QED) is 0.189. The summed E-state index contributed by atoms with van der Waals surface area (Å²) in [5.74, 6) is -5.98. The monoisotopic (exact) mass is 592 g/mol. The molecule has 8 heteroatoms. The van der Waals surface area contributed by atoms with Crippen LogP contribution in [-0.2, 0) is 6.42 Å². The first-order valence-electron chi connectivity index (χ1n) is 14.5. The zero-order valence-electron chi connectivity index (χ0n) is 23.0. The molecule has 42 heavy (non-hydrogen) atoms. The summed E-state index contributed by atoms with van der Waals surface area (Å²) in [6.07, 6.45) is 7.51. The van der Waals surface area contributed by atoms with E-state index in [1.165, 1.54) is 24.3 Å². The molecule has 0 aliphatic heterocycles. The fourth-order valence-corrected chi connectivity index (χ4v) is 7.00. The van der Waals surface area contributed by atoms with E-state index in [0.29, 0.717) is 47.8 Å². The van der Waals surface area contributed by atoms with Gasteiger partial charge in [0, 0.05) is 5.56 Å². The lowest BCUT2D eigenvalue weighted by atomic mass is 9.68. The first kappa shape index (κ1) is 30.3. The van der Waals surface area contributed by atoms with Crippen LogP contribution in [0.2, 0.25) is 0 Å². The fraction of sp³-hybridized carbons (Fsp3) is 0.412. The summed E-state index contributed by atoms with van der Waals surface area (Å²) in [6, 6.07) is 9.87. The second-order valence-electron chi connectivity index (χ2n) is 11.8. The summed E-state index contributed by atoms with van der Waals surface area (Å²) in [4.78, 5) is 0. The molecule has 5 rings (SSSR count). The average Bonchev–Trinajstić information content (AvgIpc) is 2.98. The fourth-order valence-electron chi connectivity index (χ4n) is 7.00. The maximum atomic E-state index is 14.8. The van der Waals surface area contributed by atoms with Gasteiger partial charge < -0.3 is 0 Å². The van der Waals surface area contributed by atoms with Gasteiger partial charge in [0.05, 0.1) is 5.56 Å². The maximum Gasteiger partial charge on any atom is 0.306 e. The van der Waals surface area contributed by atoms with Crippen molar-refractivity contribution in [3.63, 3.8) is 0 Å². The minimum Gasteiger partial charge on any atom is -0.206 e. The van der Waals surface area contributed by atoms with Crippen molar-refractivity contribution in [3.8, 4) is 11.1 Å². The molecule has 0 bridgehead atoms. The predicted molar refractivity (Wildman–Crippen MR) is 147 cm³/mol. The summed E-state index contributed by atoms with van der Waals surface area (Å²) < 4.78 is 108. The van der Waals surface area contributed by atoms with Crippen molar-refractivity contribution in [1.82, 2.24) is 0 Å². The SMILES string of the molecule is FC(F)=C(F)c1ccc(C2CCC(C3CCC(CCc4cc(F)c(-c5cc(F)c(F)c(F)c5)c(F)c4)CC3)CC2)cc1. The van der Waals surface area contributed by atoms with Crippen LogP contribution in [0.15, 0.2) is 54.6 Å². The van der Waals surface area contributed by atoms with Crippen LogP contribution in [0.3, 0.4) is 0 Å². The van der Waals surface area contributed by atoms with Crippen LogP contribution >= 0.6 is 0 Å². The molecule has 0 atom stereocenters. The lowest BCUT2D eigenvalue weighted by Crippen LogP contribution is -2.25. The van der Waals surface area contributed by atoms with Gasteiger partial charge in [0.2, 0.25) is 0 Å². The Morgan fingerprint density at radius 3 is 1.67 bits per heavy atom. The summed E-state index contributed by atoms with van der Waals surface area (Å²) in [5, 5.41) is 0. The molecule has 0 nitrogen and oxygen atoms in total. The van der Waals surface area contributed by atoms with Gasteiger partial charge in [-0.05, 0) is 116 Å². The maximum absolute atomic E-state index is 14.8. The van der Waals surface area contributed by atoms with E-state index in [-0.39, 0.29) is 5.56 Å². The molecular formula is C34H32F8. The molecular weight excluding hydrogens is 560 g/mol. The highest BCUT2D eigenvalue weighted by Crippen LogP contribution is 2.45. The molecule has 0 unspecified atom stereocenters. The lowest BCUT2D eigenvalue weighted by Gasteiger charge is -2.38. The van der Waals surface area contributed by atoms with E-state index in [1.54, 1.807) is 12.1 Å². The standard InChI is InChI=1S/C34H32F8/c35-27-15-20(16-28(36)31(27)26-17-29(37)33(40)30(38)18-26)2-1-19-3-5-21(6-4-19)22-7-9-23(10-8-22)24-11-13-25(14-12-24)32(39)34(41)42/h11-19,21-23H,1-10H2. The van der Waals surface area contributed by atoms with Crippen molar-refractivity contribution in [3.05, 3.63) is 100 Å². The van der Waals surface area contributed by atoms with Crippen LogP contribution in [0.5, 0.6) is 0 Å². The Balaban J connectivity index is 1.09. The van der Waals surface area contributed by atoms with Crippen molar-refractivity contribution in [2.24, 2.45) is 17.8 Å². The topological polar surface area (TPSA) is 0 Å². The van der Waals surface area contributed by atoms with Gasteiger partial charge in [-0.2, -0.15) is 8.78 Å². The van der Waals surface area contributed by atoms with Gasteiger partial charge in [-0.25, -0.2) is 26.3 Å². The van der Waals surface area contributed by atoms with Crippen LogP contribution in [0.1, 0.15) is 80.4 Å². The summed E-state index contributed by atoms with van der Waals surface area (Å²) >= 11 is 0. The number of rotatable bonds is 7. The van der Waals surface area contributed by atoms with Gasteiger partial charge in [0.25, 0.3) is 0 Å². The first-order valence-corrected chi connectivity index (χ1v) is 14.5. The predicted octanol–water partition coefficient (Wildman–Crippen LogP) is 11.3. The number of hydrogen-bond acceptors (Lipinski definition) is 0. The van der Waals surface area contributed by atoms with Gasteiger partial charge in [0.1, 0.15) is 11.6 Å². The third-order valence-corrected chi connectivity index (χ3v) is 9.35. The minimum atomic E-state index is -2.31. The molecule has 3 aromatic carbocycles. The highest BCUT2D eigenvalue weighted by Gasteiger charge is 2.31. The molecule has 0 amide bonds. The number of benzene rings is 3. The zero-order valence-corrected chi connectivity index (χ0v) is 23.0. The van der Waals surface area contributed by atoms with E-state index < -0.39 is 52.1 Å². The first-order chi connectivity index (χ1) is 20.1. The van der Waals surface area contributed by atoms with E-state index in [2.05, 4.69) is 0 Å². The Kier molecular flexibility index (Phi) is 9.38. The van der Waals surface area contributed by atoms with Gasteiger partial charge in [-0.15, -0.1) is 0 Å². The van der Waals surface area contributed by atoms with Gasteiger partial charge >= 0.3 is 6.08 Å². The van der Waals surface area contributed by atoms with E-state index in [0.717, 1.165) is 63.4 Å². The molecule has 224 valence electrons. The van der Waals surface area contributed by atoms with Gasteiger partial charge in [-0.1, -0.05) is 37.1 Å². The highest BCUT2D eigenvalue weighted by atomic mass is 19.3. The molecule has 2 aliphatic carbocycles. The molecule has 0 spiro atoms.